The second-order valence-electron chi connectivity index (χ2n) is 5.19. The molecule has 0 bridgehead atoms. The minimum absolute atomic E-state index is 0.00173. The van der Waals surface area contributed by atoms with Crippen molar-refractivity contribution in [3.8, 4) is 5.75 Å². The number of ether oxygens (including phenoxy) is 1. The molecule has 0 saturated carbocycles. The van der Waals surface area contributed by atoms with E-state index in [4.69, 9.17) is 27.9 Å². The van der Waals surface area contributed by atoms with Crippen LogP contribution in [-0.2, 0) is 4.79 Å². The number of anilines is 1. The fourth-order valence-electron chi connectivity index (χ4n) is 2.36. The van der Waals surface area contributed by atoms with Gasteiger partial charge >= 0.3 is 0 Å². The zero-order valence-electron chi connectivity index (χ0n) is 13.1. The number of benzene rings is 2. The molecule has 0 fully saturated rings. The first-order valence-electron chi connectivity index (χ1n) is 7.29. The largest absolute Gasteiger partial charge is 0.494 e. The molecule has 6 nitrogen and oxygen atoms in total. The number of rotatable bonds is 3. The number of halogens is 2. The Morgan fingerprint density at radius 3 is 2.44 bits per heavy atom. The highest BCUT2D eigenvalue weighted by atomic mass is 35.5. The van der Waals surface area contributed by atoms with Crippen molar-refractivity contribution >= 4 is 46.5 Å². The van der Waals surface area contributed by atoms with Crippen molar-refractivity contribution in [2.75, 3.05) is 12.1 Å². The van der Waals surface area contributed by atoms with Gasteiger partial charge in [0.15, 0.2) is 5.75 Å². The predicted molar refractivity (Wildman–Crippen MR) is 96.5 cm³/mol. The van der Waals surface area contributed by atoms with Gasteiger partial charge < -0.3 is 10.1 Å². The maximum Gasteiger partial charge on any atom is 0.256 e. The SMILES string of the molecule is COc1c(Cl)cc(C(=O)NC2=NN(c3ccccc3)C(=O)C2)cc1Cl. The fourth-order valence-corrected chi connectivity index (χ4v) is 3.00. The number of methoxy groups -OCH3 is 1. The van der Waals surface area contributed by atoms with Crippen LogP contribution in [0.3, 0.4) is 0 Å². The summed E-state index contributed by atoms with van der Waals surface area (Å²) in [6.07, 6.45) is -0.00173. The third kappa shape index (κ3) is 3.60. The molecule has 2 aromatic carbocycles. The van der Waals surface area contributed by atoms with Gasteiger partial charge in [0.2, 0.25) is 0 Å². The first kappa shape index (κ1) is 17.3. The van der Waals surface area contributed by atoms with Gasteiger partial charge in [-0.05, 0) is 24.3 Å². The van der Waals surface area contributed by atoms with Crippen molar-refractivity contribution in [2.45, 2.75) is 6.42 Å². The van der Waals surface area contributed by atoms with Crippen LogP contribution in [-0.4, -0.2) is 24.8 Å². The number of hydrogen-bond donors (Lipinski definition) is 1. The molecule has 0 radical (unpaired) electrons. The molecule has 1 aliphatic rings. The molecular weight excluding hydrogens is 365 g/mol. The first-order valence-corrected chi connectivity index (χ1v) is 8.05. The summed E-state index contributed by atoms with van der Waals surface area (Å²) in [5.74, 6) is -0.148. The predicted octanol–water partition coefficient (Wildman–Crippen LogP) is 3.48. The minimum atomic E-state index is -0.465. The van der Waals surface area contributed by atoms with Crippen LogP contribution >= 0.6 is 23.2 Å². The van der Waals surface area contributed by atoms with Gasteiger partial charge in [-0.3, -0.25) is 9.59 Å². The maximum absolute atomic E-state index is 12.4. The lowest BCUT2D eigenvalue weighted by molar-refractivity contribution is -0.116. The topological polar surface area (TPSA) is 71.0 Å². The normalized spacial score (nSPS) is 13.6. The first-order chi connectivity index (χ1) is 12.0. The lowest BCUT2D eigenvalue weighted by Crippen LogP contribution is -2.29. The molecule has 1 N–H and O–H groups in total. The maximum atomic E-state index is 12.4. The number of hydrazone groups is 1. The van der Waals surface area contributed by atoms with Gasteiger partial charge in [-0.1, -0.05) is 41.4 Å². The Morgan fingerprint density at radius 1 is 1.20 bits per heavy atom. The van der Waals surface area contributed by atoms with Crippen molar-refractivity contribution in [3.05, 3.63) is 58.1 Å². The van der Waals surface area contributed by atoms with E-state index < -0.39 is 5.91 Å². The number of amidine groups is 1. The second-order valence-corrected chi connectivity index (χ2v) is 6.01. The summed E-state index contributed by atoms with van der Waals surface area (Å²) < 4.78 is 5.05. The standard InChI is InChI=1S/C17H13Cl2N3O3/c1-25-16-12(18)7-10(8-13(16)19)17(24)20-14-9-15(23)22(21-14)11-5-3-2-4-6-11/h2-8H,9H2,1H3,(H,20,21,24). The number of para-hydroxylation sites is 1. The van der Waals surface area contributed by atoms with Crippen molar-refractivity contribution in [1.29, 1.82) is 0 Å². The van der Waals surface area contributed by atoms with Gasteiger partial charge in [0.25, 0.3) is 11.8 Å². The summed E-state index contributed by atoms with van der Waals surface area (Å²) >= 11 is 12.1. The van der Waals surface area contributed by atoms with Gasteiger partial charge in [0, 0.05) is 5.56 Å². The third-order valence-corrected chi connectivity index (χ3v) is 4.06. The fraction of sp³-hybridized carbons (Fsp3) is 0.118. The molecule has 2 aromatic rings. The minimum Gasteiger partial charge on any atom is -0.494 e. The molecule has 0 saturated heterocycles. The Kier molecular flexibility index (Phi) is 4.92. The van der Waals surface area contributed by atoms with Gasteiger partial charge in [-0.2, -0.15) is 10.1 Å². The van der Waals surface area contributed by atoms with Crippen LogP contribution in [0, 0.1) is 0 Å². The van der Waals surface area contributed by atoms with Crippen LogP contribution in [0.4, 0.5) is 5.69 Å². The summed E-state index contributed by atoms with van der Waals surface area (Å²) in [5.41, 5.74) is 0.872. The van der Waals surface area contributed by atoms with Crippen LogP contribution < -0.4 is 15.1 Å². The smallest absolute Gasteiger partial charge is 0.256 e. The monoisotopic (exact) mass is 377 g/mol. The highest BCUT2D eigenvalue weighted by Crippen LogP contribution is 2.33. The number of carbonyl (C=O) groups excluding carboxylic acids is 2. The highest BCUT2D eigenvalue weighted by molar-refractivity contribution is 6.37. The van der Waals surface area contributed by atoms with Gasteiger partial charge in [-0.25, -0.2) is 0 Å². The molecular formula is C17H13Cl2N3O3. The zero-order valence-corrected chi connectivity index (χ0v) is 14.6. The average molecular weight is 378 g/mol. The van der Waals surface area contributed by atoms with Gasteiger partial charge in [-0.15, -0.1) is 0 Å². The van der Waals surface area contributed by atoms with Crippen molar-refractivity contribution < 1.29 is 14.3 Å². The number of carbonyl (C=O) groups is 2. The molecule has 3 rings (SSSR count). The lowest BCUT2D eigenvalue weighted by atomic mass is 10.2. The van der Waals surface area contributed by atoms with E-state index in [1.54, 1.807) is 24.3 Å². The molecule has 1 aliphatic heterocycles. The van der Waals surface area contributed by atoms with E-state index in [1.165, 1.54) is 24.3 Å². The molecule has 128 valence electrons. The van der Waals surface area contributed by atoms with Crippen LogP contribution in [0.15, 0.2) is 47.6 Å². The van der Waals surface area contributed by atoms with E-state index in [1.807, 2.05) is 6.07 Å². The van der Waals surface area contributed by atoms with E-state index in [0.717, 1.165) is 0 Å². The molecule has 0 spiro atoms. The Morgan fingerprint density at radius 2 is 1.84 bits per heavy atom. The van der Waals surface area contributed by atoms with E-state index >= 15 is 0 Å². The van der Waals surface area contributed by atoms with Crippen molar-refractivity contribution in [2.24, 2.45) is 5.10 Å². The Labute approximate surface area is 154 Å². The second kappa shape index (κ2) is 7.13. The van der Waals surface area contributed by atoms with E-state index in [9.17, 15) is 9.59 Å². The van der Waals surface area contributed by atoms with Gasteiger partial charge in [0.1, 0.15) is 5.84 Å². The Bertz CT molecular complexity index is 846. The number of hydrogen-bond acceptors (Lipinski definition) is 4. The highest BCUT2D eigenvalue weighted by Gasteiger charge is 2.26. The zero-order chi connectivity index (χ0) is 18.0. The molecule has 1 heterocycles. The summed E-state index contributed by atoms with van der Waals surface area (Å²) in [5, 5.41) is 8.46. The van der Waals surface area contributed by atoms with E-state index in [0.29, 0.717) is 11.4 Å². The van der Waals surface area contributed by atoms with E-state index in [2.05, 4.69) is 10.4 Å². The number of nitrogens with zero attached hydrogens (tertiary/aromatic N) is 2. The molecule has 0 atom stereocenters. The van der Waals surface area contributed by atoms with Crippen LogP contribution in [0.5, 0.6) is 5.75 Å². The molecule has 0 unspecified atom stereocenters. The van der Waals surface area contributed by atoms with E-state index in [-0.39, 0.29) is 33.8 Å². The number of amides is 2. The summed E-state index contributed by atoms with van der Waals surface area (Å²) in [6.45, 7) is 0. The van der Waals surface area contributed by atoms with Crippen molar-refractivity contribution in [1.82, 2.24) is 5.32 Å². The van der Waals surface area contributed by atoms with Crippen LogP contribution in [0.1, 0.15) is 16.8 Å². The molecule has 0 aromatic heterocycles. The summed E-state index contributed by atoms with van der Waals surface area (Å²) in [6, 6.07) is 11.8. The number of nitrogens with one attached hydrogen (secondary N) is 1. The molecule has 2 amide bonds. The quantitative estimate of drug-likeness (QED) is 0.889. The lowest BCUT2D eigenvalue weighted by Gasteiger charge is -2.10. The average Bonchev–Trinajstić information content (AvgIpc) is 2.95. The third-order valence-electron chi connectivity index (χ3n) is 3.50. The Hall–Kier alpha value is -2.57. The van der Waals surface area contributed by atoms with Crippen LogP contribution in [0.25, 0.3) is 0 Å². The van der Waals surface area contributed by atoms with Crippen LogP contribution in [0.2, 0.25) is 10.0 Å². The molecule has 25 heavy (non-hydrogen) atoms. The van der Waals surface area contributed by atoms with Crippen molar-refractivity contribution in [3.63, 3.8) is 0 Å². The Balaban J connectivity index is 1.79. The van der Waals surface area contributed by atoms with Gasteiger partial charge in [0.05, 0.1) is 29.3 Å². The molecule has 8 heteroatoms. The summed E-state index contributed by atoms with van der Waals surface area (Å²) in [4.78, 5) is 24.5. The molecule has 0 aliphatic carbocycles. The summed E-state index contributed by atoms with van der Waals surface area (Å²) in [7, 11) is 1.43.